The quantitative estimate of drug-likeness (QED) is 0.754. The summed E-state index contributed by atoms with van der Waals surface area (Å²) < 4.78 is 0. The summed E-state index contributed by atoms with van der Waals surface area (Å²) in [5, 5.41) is 2.97. The van der Waals surface area contributed by atoms with E-state index in [9.17, 15) is 4.79 Å². The average molecular weight is 214 g/mol. The third-order valence-corrected chi connectivity index (χ3v) is 2.01. The molecule has 0 saturated carbocycles. The van der Waals surface area contributed by atoms with Crippen LogP contribution in [-0.4, -0.2) is 18.0 Å². The van der Waals surface area contributed by atoms with Gasteiger partial charge in [0, 0.05) is 12.1 Å². The van der Waals surface area contributed by atoms with Gasteiger partial charge in [-0.2, -0.15) is 0 Å². The number of nitrogens with two attached hydrogens (primary N) is 1. The Morgan fingerprint density at radius 1 is 1.20 bits per heavy atom. The second-order valence-corrected chi connectivity index (χ2v) is 6.44. The van der Waals surface area contributed by atoms with Crippen LogP contribution in [0.4, 0.5) is 0 Å². The van der Waals surface area contributed by atoms with Crippen LogP contribution in [0.25, 0.3) is 0 Å². The molecule has 15 heavy (non-hydrogen) atoms. The van der Waals surface area contributed by atoms with Crippen molar-refractivity contribution in [2.45, 2.75) is 53.5 Å². The predicted molar refractivity (Wildman–Crippen MR) is 64.5 cm³/mol. The highest BCUT2D eigenvalue weighted by atomic mass is 16.2. The topological polar surface area (TPSA) is 55.1 Å². The minimum absolute atomic E-state index is 0.0694. The Kier molecular flexibility index (Phi) is 4.78. The Morgan fingerprint density at radius 3 is 1.93 bits per heavy atom. The van der Waals surface area contributed by atoms with E-state index in [1.807, 2.05) is 20.8 Å². The molecule has 0 saturated heterocycles. The van der Waals surface area contributed by atoms with Crippen molar-refractivity contribution >= 4 is 5.91 Å². The van der Waals surface area contributed by atoms with Crippen LogP contribution < -0.4 is 11.1 Å². The van der Waals surface area contributed by atoms with Crippen LogP contribution in [0.2, 0.25) is 0 Å². The third-order valence-electron chi connectivity index (χ3n) is 2.01. The van der Waals surface area contributed by atoms with Crippen LogP contribution in [0.15, 0.2) is 0 Å². The zero-order chi connectivity index (χ0) is 12.3. The lowest BCUT2D eigenvalue weighted by Crippen LogP contribution is -2.46. The van der Waals surface area contributed by atoms with Crippen molar-refractivity contribution in [1.82, 2.24) is 5.32 Å². The fourth-order valence-corrected chi connectivity index (χ4v) is 1.49. The molecular formula is C12H26N2O. The number of carbonyl (C=O) groups is 1. The standard InChI is InChI=1S/C12H26N2O/c1-11(2,3)7-9(8-13)10(15)14-12(4,5)6/h9H,7-8,13H2,1-6H3,(H,14,15). The highest BCUT2D eigenvalue weighted by Crippen LogP contribution is 2.24. The normalized spacial score (nSPS) is 14.9. The first-order valence-corrected chi connectivity index (χ1v) is 5.57. The van der Waals surface area contributed by atoms with Crippen molar-refractivity contribution in [3.8, 4) is 0 Å². The van der Waals surface area contributed by atoms with Gasteiger partial charge < -0.3 is 11.1 Å². The first-order valence-electron chi connectivity index (χ1n) is 5.57. The summed E-state index contributed by atoms with van der Waals surface area (Å²) in [7, 11) is 0. The molecule has 0 radical (unpaired) electrons. The van der Waals surface area contributed by atoms with E-state index in [1.165, 1.54) is 0 Å². The Morgan fingerprint density at radius 2 is 1.67 bits per heavy atom. The molecule has 1 atom stereocenters. The minimum atomic E-state index is -0.178. The molecule has 3 nitrogen and oxygen atoms in total. The Labute approximate surface area is 93.8 Å². The zero-order valence-corrected chi connectivity index (χ0v) is 11.0. The molecule has 0 aromatic rings. The lowest BCUT2D eigenvalue weighted by atomic mass is 9.84. The van der Waals surface area contributed by atoms with Crippen LogP contribution in [0.5, 0.6) is 0 Å². The summed E-state index contributed by atoms with van der Waals surface area (Å²) in [5.74, 6) is -0.0100. The van der Waals surface area contributed by atoms with Gasteiger partial charge >= 0.3 is 0 Å². The van der Waals surface area contributed by atoms with Crippen LogP contribution in [0, 0.1) is 11.3 Å². The average Bonchev–Trinajstić information content (AvgIpc) is 1.94. The number of carbonyl (C=O) groups excluding carboxylic acids is 1. The number of hydrogen-bond donors (Lipinski definition) is 2. The van der Waals surface area contributed by atoms with E-state index >= 15 is 0 Å². The molecule has 1 amide bonds. The minimum Gasteiger partial charge on any atom is -0.351 e. The summed E-state index contributed by atoms with van der Waals surface area (Å²) >= 11 is 0. The van der Waals surface area contributed by atoms with E-state index < -0.39 is 0 Å². The summed E-state index contributed by atoms with van der Waals surface area (Å²) in [5.41, 5.74) is 5.60. The monoisotopic (exact) mass is 214 g/mol. The van der Waals surface area contributed by atoms with Gasteiger partial charge in [-0.15, -0.1) is 0 Å². The smallest absolute Gasteiger partial charge is 0.224 e. The molecule has 0 aromatic heterocycles. The molecule has 0 spiro atoms. The van der Waals surface area contributed by atoms with Gasteiger partial charge in [-0.25, -0.2) is 0 Å². The number of nitrogens with one attached hydrogen (secondary N) is 1. The van der Waals surface area contributed by atoms with Gasteiger partial charge in [0.1, 0.15) is 0 Å². The van der Waals surface area contributed by atoms with Crippen molar-refractivity contribution in [3.05, 3.63) is 0 Å². The van der Waals surface area contributed by atoms with Crippen molar-refractivity contribution in [2.24, 2.45) is 17.1 Å². The molecule has 0 rings (SSSR count). The molecule has 0 bridgehead atoms. The van der Waals surface area contributed by atoms with Gasteiger partial charge in [-0.1, -0.05) is 20.8 Å². The summed E-state index contributed by atoms with van der Waals surface area (Å²) in [6.07, 6.45) is 0.825. The third kappa shape index (κ3) is 7.37. The highest BCUT2D eigenvalue weighted by molar-refractivity contribution is 5.79. The van der Waals surface area contributed by atoms with E-state index in [-0.39, 0.29) is 22.8 Å². The molecule has 0 heterocycles. The molecule has 1 unspecified atom stereocenters. The Hall–Kier alpha value is -0.570. The highest BCUT2D eigenvalue weighted by Gasteiger charge is 2.26. The molecule has 90 valence electrons. The van der Waals surface area contributed by atoms with Crippen molar-refractivity contribution in [3.63, 3.8) is 0 Å². The molecule has 3 heteroatoms. The van der Waals surface area contributed by atoms with E-state index in [4.69, 9.17) is 5.73 Å². The number of rotatable bonds is 3. The van der Waals surface area contributed by atoms with Gasteiger partial charge in [0.2, 0.25) is 5.91 Å². The molecular weight excluding hydrogens is 188 g/mol. The van der Waals surface area contributed by atoms with Gasteiger partial charge in [0.25, 0.3) is 0 Å². The molecule has 0 fully saturated rings. The summed E-state index contributed by atoms with van der Waals surface area (Å²) in [4.78, 5) is 11.9. The fourth-order valence-electron chi connectivity index (χ4n) is 1.49. The van der Waals surface area contributed by atoms with Gasteiger partial charge in [0.05, 0.1) is 5.92 Å². The van der Waals surface area contributed by atoms with Gasteiger partial charge in [0.15, 0.2) is 0 Å². The number of hydrogen-bond acceptors (Lipinski definition) is 2. The largest absolute Gasteiger partial charge is 0.351 e. The van der Waals surface area contributed by atoms with Crippen molar-refractivity contribution in [1.29, 1.82) is 0 Å². The summed E-state index contributed by atoms with van der Waals surface area (Å²) in [6, 6.07) is 0. The maximum absolute atomic E-state index is 11.9. The van der Waals surface area contributed by atoms with Gasteiger partial charge in [-0.3, -0.25) is 4.79 Å². The second-order valence-electron chi connectivity index (χ2n) is 6.44. The van der Waals surface area contributed by atoms with E-state index in [2.05, 4.69) is 26.1 Å². The summed E-state index contributed by atoms with van der Waals surface area (Å²) in [6.45, 7) is 12.7. The van der Waals surface area contributed by atoms with Crippen molar-refractivity contribution < 1.29 is 4.79 Å². The first-order chi connectivity index (χ1) is 6.55. The predicted octanol–water partition coefficient (Wildman–Crippen LogP) is 1.91. The molecule has 0 aliphatic carbocycles. The molecule has 3 N–H and O–H groups in total. The van der Waals surface area contributed by atoms with E-state index in [0.29, 0.717) is 6.54 Å². The van der Waals surface area contributed by atoms with Gasteiger partial charge in [-0.05, 0) is 32.6 Å². The SMILES string of the molecule is CC(C)(C)CC(CN)C(=O)NC(C)(C)C. The lowest BCUT2D eigenvalue weighted by Gasteiger charge is -2.28. The maximum Gasteiger partial charge on any atom is 0.224 e. The Bertz CT molecular complexity index is 211. The van der Waals surface area contributed by atoms with Crippen molar-refractivity contribution in [2.75, 3.05) is 6.54 Å². The zero-order valence-electron chi connectivity index (χ0n) is 11.0. The molecule has 0 aromatic carbocycles. The van der Waals surface area contributed by atoms with Crippen LogP contribution in [0.3, 0.4) is 0 Å². The lowest BCUT2D eigenvalue weighted by molar-refractivity contribution is -0.127. The van der Waals surface area contributed by atoms with E-state index in [0.717, 1.165) is 6.42 Å². The Balaban J connectivity index is 4.36. The fraction of sp³-hybridized carbons (Fsp3) is 0.917. The van der Waals surface area contributed by atoms with Crippen LogP contribution in [-0.2, 0) is 4.79 Å². The first kappa shape index (κ1) is 14.4. The molecule has 0 aliphatic rings. The maximum atomic E-state index is 11.9. The number of amides is 1. The van der Waals surface area contributed by atoms with E-state index in [1.54, 1.807) is 0 Å². The van der Waals surface area contributed by atoms with Crippen LogP contribution >= 0.6 is 0 Å². The van der Waals surface area contributed by atoms with Crippen LogP contribution in [0.1, 0.15) is 48.0 Å². The second kappa shape index (κ2) is 4.97. The molecule has 0 aliphatic heterocycles.